The van der Waals surface area contributed by atoms with E-state index in [9.17, 15) is 0 Å². The summed E-state index contributed by atoms with van der Waals surface area (Å²) in [6, 6.07) is 0.403. The average Bonchev–Trinajstić information content (AvgIpc) is 2.59. The summed E-state index contributed by atoms with van der Waals surface area (Å²) in [6.45, 7) is 5.33. The summed E-state index contributed by atoms with van der Waals surface area (Å²) < 4.78 is 1.85. The highest BCUT2D eigenvalue weighted by molar-refractivity contribution is 5.01. The number of unbranched alkanes of at least 4 members (excludes halogenated alkanes) is 1. The first-order valence-electron chi connectivity index (χ1n) is 5.37. The van der Waals surface area contributed by atoms with Gasteiger partial charge in [-0.05, 0) is 13.0 Å². The van der Waals surface area contributed by atoms with Crippen molar-refractivity contribution in [3.63, 3.8) is 0 Å². The molecule has 0 saturated carbocycles. The maximum absolute atomic E-state index is 3.95. The summed E-state index contributed by atoms with van der Waals surface area (Å²) in [4.78, 5) is 0. The molecule has 0 fully saturated rings. The number of nitrogens with zero attached hydrogens (tertiary/aromatic N) is 3. The minimum absolute atomic E-state index is 0.403. The lowest BCUT2D eigenvalue weighted by molar-refractivity contribution is 0.464. The van der Waals surface area contributed by atoms with E-state index in [2.05, 4.69) is 29.5 Å². The summed E-state index contributed by atoms with van der Waals surface area (Å²) in [5.41, 5.74) is 1.18. The van der Waals surface area contributed by atoms with Crippen LogP contribution in [0, 0.1) is 0 Å². The lowest BCUT2D eigenvalue weighted by Crippen LogP contribution is -2.23. The first-order valence-corrected chi connectivity index (χ1v) is 5.37. The molecule has 0 aliphatic carbocycles. The Morgan fingerprint density at radius 3 is 2.79 bits per heavy atom. The standard InChI is InChI=1S/C10H20N4/c1-4-6-7-9(11-5-2)10-8-12-13-14(10)3/h8-9,11H,4-7H2,1-3H3. The van der Waals surface area contributed by atoms with E-state index < -0.39 is 0 Å². The van der Waals surface area contributed by atoms with Crippen molar-refractivity contribution in [1.29, 1.82) is 0 Å². The monoisotopic (exact) mass is 196 g/mol. The van der Waals surface area contributed by atoms with E-state index in [1.54, 1.807) is 0 Å². The van der Waals surface area contributed by atoms with Crippen molar-refractivity contribution in [3.8, 4) is 0 Å². The summed E-state index contributed by atoms with van der Waals surface area (Å²) in [6.07, 6.45) is 5.48. The molecule has 1 aromatic heterocycles. The average molecular weight is 196 g/mol. The Morgan fingerprint density at radius 2 is 2.29 bits per heavy atom. The molecular formula is C10H20N4. The molecule has 1 rings (SSSR count). The maximum atomic E-state index is 3.95. The fourth-order valence-corrected chi connectivity index (χ4v) is 1.62. The van der Waals surface area contributed by atoms with Gasteiger partial charge in [0.1, 0.15) is 0 Å². The lowest BCUT2D eigenvalue weighted by atomic mass is 10.1. The molecule has 0 spiro atoms. The Labute approximate surface area is 85.7 Å². The van der Waals surface area contributed by atoms with Crippen LogP contribution in [0.2, 0.25) is 0 Å². The molecule has 0 bridgehead atoms. The van der Waals surface area contributed by atoms with Gasteiger partial charge in [-0.3, -0.25) is 4.68 Å². The quantitative estimate of drug-likeness (QED) is 0.752. The summed E-state index contributed by atoms with van der Waals surface area (Å²) in [5.74, 6) is 0. The molecule has 0 aliphatic rings. The van der Waals surface area contributed by atoms with Crippen LogP contribution in [0.1, 0.15) is 44.8 Å². The van der Waals surface area contributed by atoms with Gasteiger partial charge in [-0.1, -0.05) is 31.9 Å². The van der Waals surface area contributed by atoms with E-state index in [0.29, 0.717) is 6.04 Å². The minimum Gasteiger partial charge on any atom is -0.309 e. The van der Waals surface area contributed by atoms with Gasteiger partial charge in [0.15, 0.2) is 0 Å². The van der Waals surface area contributed by atoms with Crippen LogP contribution in [0.5, 0.6) is 0 Å². The van der Waals surface area contributed by atoms with Crippen molar-refractivity contribution < 1.29 is 0 Å². The second kappa shape index (κ2) is 5.75. The molecule has 0 saturated heterocycles. The van der Waals surface area contributed by atoms with Crippen LogP contribution in [0.3, 0.4) is 0 Å². The topological polar surface area (TPSA) is 42.7 Å². The molecule has 1 N–H and O–H groups in total. The number of nitrogens with one attached hydrogen (secondary N) is 1. The molecule has 4 heteroatoms. The lowest BCUT2D eigenvalue weighted by Gasteiger charge is -2.16. The Morgan fingerprint density at radius 1 is 1.50 bits per heavy atom. The van der Waals surface area contributed by atoms with Crippen molar-refractivity contribution >= 4 is 0 Å². The van der Waals surface area contributed by atoms with Gasteiger partial charge in [0.25, 0.3) is 0 Å². The van der Waals surface area contributed by atoms with Gasteiger partial charge in [-0.15, -0.1) is 5.10 Å². The Kier molecular flexibility index (Phi) is 4.59. The Balaban J connectivity index is 2.62. The molecule has 0 amide bonds. The summed E-state index contributed by atoms with van der Waals surface area (Å²) in [5, 5.41) is 11.3. The number of aryl methyl sites for hydroxylation is 1. The smallest absolute Gasteiger partial charge is 0.0753 e. The first-order chi connectivity index (χ1) is 6.79. The van der Waals surface area contributed by atoms with Crippen LogP contribution in [0.25, 0.3) is 0 Å². The number of hydrogen-bond acceptors (Lipinski definition) is 3. The molecule has 80 valence electrons. The van der Waals surface area contributed by atoms with E-state index in [0.717, 1.165) is 13.0 Å². The van der Waals surface area contributed by atoms with E-state index >= 15 is 0 Å². The number of aromatic nitrogens is 3. The first kappa shape index (κ1) is 11.2. The van der Waals surface area contributed by atoms with Gasteiger partial charge < -0.3 is 5.32 Å². The second-order valence-corrected chi connectivity index (χ2v) is 3.53. The number of rotatable bonds is 6. The molecule has 14 heavy (non-hydrogen) atoms. The highest BCUT2D eigenvalue weighted by atomic mass is 15.4. The zero-order valence-corrected chi connectivity index (χ0v) is 9.32. The summed E-state index contributed by atoms with van der Waals surface area (Å²) in [7, 11) is 1.94. The molecule has 1 unspecified atom stereocenters. The molecular weight excluding hydrogens is 176 g/mol. The molecule has 1 atom stereocenters. The van der Waals surface area contributed by atoms with Gasteiger partial charge >= 0.3 is 0 Å². The van der Waals surface area contributed by atoms with Gasteiger partial charge in [-0.2, -0.15) is 0 Å². The van der Waals surface area contributed by atoms with Crippen molar-refractivity contribution in [2.24, 2.45) is 7.05 Å². The Hall–Kier alpha value is -0.900. The molecule has 1 heterocycles. The van der Waals surface area contributed by atoms with Crippen LogP contribution in [-0.2, 0) is 7.05 Å². The van der Waals surface area contributed by atoms with Gasteiger partial charge in [-0.25, -0.2) is 0 Å². The van der Waals surface area contributed by atoms with Crippen molar-refractivity contribution in [2.75, 3.05) is 6.54 Å². The van der Waals surface area contributed by atoms with Crippen LogP contribution in [0.15, 0.2) is 6.20 Å². The summed E-state index contributed by atoms with van der Waals surface area (Å²) >= 11 is 0. The Bertz CT molecular complexity index is 256. The van der Waals surface area contributed by atoms with Gasteiger partial charge in [0.2, 0.25) is 0 Å². The molecule has 0 aliphatic heterocycles. The minimum atomic E-state index is 0.403. The van der Waals surface area contributed by atoms with E-state index in [4.69, 9.17) is 0 Å². The SMILES string of the molecule is CCCCC(NCC)c1cnnn1C. The fraction of sp³-hybridized carbons (Fsp3) is 0.800. The van der Waals surface area contributed by atoms with Crippen LogP contribution >= 0.6 is 0 Å². The molecule has 0 radical (unpaired) electrons. The van der Waals surface area contributed by atoms with E-state index in [1.807, 2.05) is 17.9 Å². The predicted molar refractivity (Wildman–Crippen MR) is 56.9 cm³/mol. The second-order valence-electron chi connectivity index (χ2n) is 3.53. The molecule has 1 aromatic rings. The van der Waals surface area contributed by atoms with Crippen LogP contribution in [0.4, 0.5) is 0 Å². The third-order valence-electron chi connectivity index (χ3n) is 2.40. The third kappa shape index (κ3) is 2.80. The van der Waals surface area contributed by atoms with Crippen LogP contribution < -0.4 is 5.32 Å². The normalized spacial score (nSPS) is 13.1. The van der Waals surface area contributed by atoms with Gasteiger partial charge in [0, 0.05) is 7.05 Å². The van der Waals surface area contributed by atoms with Crippen molar-refractivity contribution in [3.05, 3.63) is 11.9 Å². The van der Waals surface area contributed by atoms with Crippen LogP contribution in [-0.4, -0.2) is 21.5 Å². The number of hydrogen-bond donors (Lipinski definition) is 1. The molecule has 0 aromatic carbocycles. The zero-order chi connectivity index (χ0) is 10.4. The van der Waals surface area contributed by atoms with Crippen molar-refractivity contribution in [1.82, 2.24) is 20.3 Å². The van der Waals surface area contributed by atoms with Crippen molar-refractivity contribution in [2.45, 2.75) is 39.2 Å². The highest BCUT2D eigenvalue weighted by Gasteiger charge is 2.13. The van der Waals surface area contributed by atoms with Gasteiger partial charge in [0.05, 0.1) is 17.9 Å². The predicted octanol–water partition coefficient (Wildman–Crippen LogP) is 1.66. The maximum Gasteiger partial charge on any atom is 0.0753 e. The highest BCUT2D eigenvalue weighted by Crippen LogP contribution is 2.17. The van der Waals surface area contributed by atoms with E-state index in [-0.39, 0.29) is 0 Å². The third-order valence-corrected chi connectivity index (χ3v) is 2.40. The fourth-order valence-electron chi connectivity index (χ4n) is 1.62. The zero-order valence-electron chi connectivity index (χ0n) is 9.32. The molecule has 4 nitrogen and oxygen atoms in total. The van der Waals surface area contributed by atoms with E-state index in [1.165, 1.54) is 18.5 Å². The largest absolute Gasteiger partial charge is 0.309 e.